The van der Waals surface area contributed by atoms with E-state index in [1.165, 1.54) is 12.1 Å². The molecule has 0 fully saturated rings. The van der Waals surface area contributed by atoms with Gasteiger partial charge in [-0.25, -0.2) is 0 Å². The largest absolute Gasteiger partial charge is 0.504 e. The molecule has 0 atom stereocenters. The van der Waals surface area contributed by atoms with Crippen LogP contribution < -0.4 is 4.74 Å². The molecule has 0 spiro atoms. The number of hydrogen-bond donors (Lipinski definition) is 2. The Morgan fingerprint density at radius 2 is 1.24 bits per heavy atom. The van der Waals surface area contributed by atoms with Gasteiger partial charge in [0.2, 0.25) is 0 Å². The normalized spacial score (nSPS) is 10.8. The molecule has 0 aliphatic carbocycles. The second-order valence-corrected chi connectivity index (χ2v) is 5.32. The Balaban J connectivity index is 2.05. The lowest BCUT2D eigenvalue weighted by Gasteiger charge is -2.11. The second kappa shape index (κ2) is 5.35. The third kappa shape index (κ3) is 2.71. The molecule has 3 rings (SSSR count). The Kier molecular flexibility index (Phi) is 3.53. The molecule has 0 amide bonds. The predicted molar refractivity (Wildman–Crippen MR) is 83.8 cm³/mol. The maximum atomic E-state index is 10.0. The van der Waals surface area contributed by atoms with Crippen molar-refractivity contribution in [2.45, 2.75) is 0 Å². The summed E-state index contributed by atoms with van der Waals surface area (Å²) in [6.07, 6.45) is 0. The SMILES string of the molecule is Oc1cc(Cl)c(Cl)cc1Oc1cc2ccccc2cc1O. The Morgan fingerprint density at radius 1 is 0.714 bits per heavy atom. The number of hydrogen-bond acceptors (Lipinski definition) is 3. The third-order valence-corrected chi connectivity index (χ3v) is 3.77. The fraction of sp³-hybridized carbons (Fsp3) is 0. The predicted octanol–water partition coefficient (Wildman–Crippen LogP) is 5.35. The number of aromatic hydroxyl groups is 2. The van der Waals surface area contributed by atoms with Crippen LogP contribution in [0.3, 0.4) is 0 Å². The van der Waals surface area contributed by atoms with Gasteiger partial charge in [0.25, 0.3) is 0 Å². The zero-order valence-corrected chi connectivity index (χ0v) is 12.2. The molecule has 0 bridgehead atoms. The quantitative estimate of drug-likeness (QED) is 0.669. The molecule has 21 heavy (non-hydrogen) atoms. The van der Waals surface area contributed by atoms with Gasteiger partial charge >= 0.3 is 0 Å². The minimum absolute atomic E-state index is 0.0285. The summed E-state index contributed by atoms with van der Waals surface area (Å²) >= 11 is 11.7. The van der Waals surface area contributed by atoms with Crippen LogP contribution in [0.15, 0.2) is 48.5 Å². The van der Waals surface area contributed by atoms with Gasteiger partial charge in [-0.1, -0.05) is 47.5 Å². The smallest absolute Gasteiger partial charge is 0.170 e. The topological polar surface area (TPSA) is 49.7 Å². The van der Waals surface area contributed by atoms with Gasteiger partial charge in [0, 0.05) is 12.1 Å². The summed E-state index contributed by atoms with van der Waals surface area (Å²) in [5, 5.41) is 22.1. The van der Waals surface area contributed by atoms with E-state index in [1.54, 1.807) is 12.1 Å². The number of halogens is 2. The lowest BCUT2D eigenvalue weighted by molar-refractivity contribution is 0.386. The highest BCUT2D eigenvalue weighted by Crippen LogP contribution is 2.41. The Hall–Kier alpha value is -2.10. The van der Waals surface area contributed by atoms with Crippen LogP contribution in [0.5, 0.6) is 23.0 Å². The maximum Gasteiger partial charge on any atom is 0.170 e. The van der Waals surface area contributed by atoms with Gasteiger partial charge in [-0.05, 0) is 22.9 Å². The van der Waals surface area contributed by atoms with E-state index >= 15 is 0 Å². The van der Waals surface area contributed by atoms with Crippen molar-refractivity contribution in [3.63, 3.8) is 0 Å². The van der Waals surface area contributed by atoms with Crippen LogP contribution in [0.25, 0.3) is 10.8 Å². The van der Waals surface area contributed by atoms with Crippen LogP contribution in [0, 0.1) is 0 Å². The summed E-state index contributed by atoms with van der Waals surface area (Å²) < 4.78 is 5.54. The van der Waals surface area contributed by atoms with Gasteiger partial charge in [0.15, 0.2) is 23.0 Å². The molecule has 2 N–H and O–H groups in total. The van der Waals surface area contributed by atoms with E-state index in [1.807, 2.05) is 24.3 Å². The second-order valence-electron chi connectivity index (χ2n) is 4.50. The molecule has 0 saturated carbocycles. The van der Waals surface area contributed by atoms with Gasteiger partial charge in [-0.15, -0.1) is 0 Å². The van der Waals surface area contributed by atoms with Gasteiger partial charge in [-0.2, -0.15) is 0 Å². The third-order valence-electron chi connectivity index (χ3n) is 3.05. The lowest BCUT2D eigenvalue weighted by Crippen LogP contribution is -1.87. The van der Waals surface area contributed by atoms with Gasteiger partial charge in [-0.3, -0.25) is 0 Å². The van der Waals surface area contributed by atoms with Crippen LogP contribution in [-0.2, 0) is 0 Å². The number of rotatable bonds is 2. The summed E-state index contributed by atoms with van der Waals surface area (Å²) in [5.74, 6) is 0.161. The molecule has 0 aliphatic rings. The zero-order chi connectivity index (χ0) is 15.0. The van der Waals surface area contributed by atoms with Crippen molar-refractivity contribution in [1.82, 2.24) is 0 Å². The average Bonchev–Trinajstić information content (AvgIpc) is 2.45. The zero-order valence-electron chi connectivity index (χ0n) is 10.7. The first-order valence-electron chi connectivity index (χ1n) is 6.12. The molecule has 0 unspecified atom stereocenters. The number of phenolic OH excluding ortho intramolecular Hbond substituents is 2. The Labute approximate surface area is 130 Å². The van der Waals surface area contributed by atoms with Crippen molar-refractivity contribution >= 4 is 34.0 Å². The van der Waals surface area contributed by atoms with E-state index < -0.39 is 0 Å². The first kappa shape index (κ1) is 13.9. The molecule has 0 aromatic heterocycles. The molecular formula is C16H10Cl2O3. The Bertz CT molecular complexity index is 831. The molecule has 0 radical (unpaired) electrons. The molecular weight excluding hydrogens is 311 g/mol. The number of phenols is 2. The highest BCUT2D eigenvalue weighted by Gasteiger charge is 2.12. The minimum atomic E-state index is -0.156. The maximum absolute atomic E-state index is 10.0. The van der Waals surface area contributed by atoms with Gasteiger partial charge in [0.05, 0.1) is 10.0 Å². The van der Waals surface area contributed by atoms with E-state index in [9.17, 15) is 10.2 Å². The molecule has 0 saturated heterocycles. The Morgan fingerprint density at radius 3 is 1.95 bits per heavy atom. The number of benzene rings is 3. The van der Waals surface area contributed by atoms with Crippen molar-refractivity contribution in [3.05, 3.63) is 58.6 Å². The summed E-state index contributed by atoms with van der Waals surface area (Å²) in [6, 6.07) is 13.5. The molecule has 5 heteroatoms. The summed E-state index contributed by atoms with van der Waals surface area (Å²) in [4.78, 5) is 0. The summed E-state index contributed by atoms with van der Waals surface area (Å²) in [7, 11) is 0. The van der Waals surface area contributed by atoms with Crippen LogP contribution in [0.1, 0.15) is 0 Å². The lowest BCUT2D eigenvalue weighted by atomic mass is 10.1. The average molecular weight is 321 g/mol. The van der Waals surface area contributed by atoms with E-state index in [2.05, 4.69) is 0 Å². The van der Waals surface area contributed by atoms with Crippen molar-refractivity contribution in [2.75, 3.05) is 0 Å². The molecule has 106 valence electrons. The summed E-state index contributed by atoms with van der Waals surface area (Å²) in [6.45, 7) is 0. The number of fused-ring (bicyclic) bond motifs is 1. The van der Waals surface area contributed by atoms with Crippen LogP contribution in [0.2, 0.25) is 10.0 Å². The first-order chi connectivity index (χ1) is 10.0. The van der Waals surface area contributed by atoms with Crippen molar-refractivity contribution in [3.8, 4) is 23.0 Å². The minimum Gasteiger partial charge on any atom is -0.504 e. The fourth-order valence-electron chi connectivity index (χ4n) is 2.01. The van der Waals surface area contributed by atoms with E-state index in [0.717, 1.165) is 10.8 Å². The molecule has 3 aromatic rings. The standard InChI is InChI=1S/C16H10Cl2O3/c17-11-7-14(20)16(8-12(11)18)21-15-6-10-4-2-1-3-9(10)5-13(15)19/h1-8,19-20H. The van der Waals surface area contributed by atoms with Crippen molar-refractivity contribution < 1.29 is 14.9 Å². The monoisotopic (exact) mass is 320 g/mol. The van der Waals surface area contributed by atoms with E-state index in [0.29, 0.717) is 0 Å². The molecule has 3 aromatic carbocycles. The summed E-state index contributed by atoms with van der Waals surface area (Å²) in [5.41, 5.74) is 0. The highest BCUT2D eigenvalue weighted by molar-refractivity contribution is 6.42. The van der Waals surface area contributed by atoms with Gasteiger partial charge < -0.3 is 14.9 Å². The van der Waals surface area contributed by atoms with Gasteiger partial charge in [0.1, 0.15) is 0 Å². The van der Waals surface area contributed by atoms with Crippen LogP contribution >= 0.6 is 23.2 Å². The molecule has 3 nitrogen and oxygen atoms in total. The van der Waals surface area contributed by atoms with E-state index in [-0.39, 0.29) is 33.0 Å². The molecule has 0 heterocycles. The van der Waals surface area contributed by atoms with Crippen LogP contribution in [-0.4, -0.2) is 10.2 Å². The number of ether oxygens (including phenoxy) is 1. The molecule has 0 aliphatic heterocycles. The highest BCUT2D eigenvalue weighted by atomic mass is 35.5. The fourth-order valence-corrected chi connectivity index (χ4v) is 2.32. The van der Waals surface area contributed by atoms with Crippen molar-refractivity contribution in [2.24, 2.45) is 0 Å². The first-order valence-corrected chi connectivity index (χ1v) is 6.88. The van der Waals surface area contributed by atoms with Crippen LogP contribution in [0.4, 0.5) is 0 Å². The van der Waals surface area contributed by atoms with Crippen molar-refractivity contribution in [1.29, 1.82) is 0 Å². The van der Waals surface area contributed by atoms with E-state index in [4.69, 9.17) is 27.9 Å².